The molecule has 1 saturated carbocycles. The summed E-state index contributed by atoms with van der Waals surface area (Å²) < 4.78 is 6.80. The number of aromatic nitrogens is 3. The van der Waals surface area contributed by atoms with Crippen LogP contribution in [0.3, 0.4) is 0 Å². The summed E-state index contributed by atoms with van der Waals surface area (Å²) >= 11 is 0. The summed E-state index contributed by atoms with van der Waals surface area (Å²) in [5.41, 5.74) is 0.816. The molecule has 132 valence electrons. The van der Waals surface area contributed by atoms with Crippen LogP contribution in [0.2, 0.25) is 0 Å². The second kappa shape index (κ2) is 7.78. The highest BCUT2D eigenvalue weighted by Crippen LogP contribution is 2.28. The van der Waals surface area contributed by atoms with E-state index >= 15 is 0 Å². The van der Waals surface area contributed by atoms with Gasteiger partial charge in [0.25, 0.3) is 0 Å². The Bertz CT molecular complexity index is 731. The van der Waals surface area contributed by atoms with Crippen molar-refractivity contribution in [2.45, 2.75) is 44.4 Å². The van der Waals surface area contributed by atoms with E-state index in [1.54, 1.807) is 0 Å². The van der Waals surface area contributed by atoms with E-state index < -0.39 is 12.1 Å². The van der Waals surface area contributed by atoms with Crippen molar-refractivity contribution >= 4 is 12.1 Å². The van der Waals surface area contributed by atoms with Crippen LogP contribution in [0.1, 0.15) is 47.8 Å². The third-order valence-electron chi connectivity index (χ3n) is 4.31. The van der Waals surface area contributed by atoms with E-state index in [0.717, 1.165) is 31.2 Å². The minimum absolute atomic E-state index is 0.101. The fourth-order valence-electron chi connectivity index (χ4n) is 3.05. The van der Waals surface area contributed by atoms with E-state index in [1.807, 2.05) is 30.3 Å². The molecule has 0 bridgehead atoms. The zero-order valence-electron chi connectivity index (χ0n) is 13.7. The minimum atomic E-state index is -1.12. The molecule has 1 aliphatic carbocycles. The molecule has 1 amide bonds. The lowest BCUT2D eigenvalue weighted by atomic mass is 9.90. The van der Waals surface area contributed by atoms with Gasteiger partial charge in [0.2, 0.25) is 0 Å². The SMILES string of the molecule is O=C(N[C@H]1CCCC[C@H]1n1cc(C(=O)O)nn1)OCc1ccccc1. The van der Waals surface area contributed by atoms with Crippen LogP contribution in [0, 0.1) is 0 Å². The molecule has 8 heteroatoms. The highest BCUT2D eigenvalue weighted by Gasteiger charge is 2.29. The van der Waals surface area contributed by atoms with Crippen LogP contribution in [0.25, 0.3) is 0 Å². The molecule has 2 atom stereocenters. The van der Waals surface area contributed by atoms with Crippen molar-refractivity contribution in [1.29, 1.82) is 0 Å². The topological polar surface area (TPSA) is 106 Å². The van der Waals surface area contributed by atoms with Crippen LogP contribution in [0.4, 0.5) is 4.79 Å². The Morgan fingerprint density at radius 3 is 2.72 bits per heavy atom. The lowest BCUT2D eigenvalue weighted by Gasteiger charge is -2.31. The number of carboxylic acids is 1. The quantitative estimate of drug-likeness (QED) is 0.862. The maximum atomic E-state index is 12.1. The number of rotatable bonds is 5. The number of hydrogen-bond donors (Lipinski definition) is 2. The number of carboxylic acid groups (broad SMARTS) is 1. The van der Waals surface area contributed by atoms with E-state index in [2.05, 4.69) is 15.6 Å². The summed E-state index contributed by atoms with van der Waals surface area (Å²) in [5, 5.41) is 19.4. The maximum Gasteiger partial charge on any atom is 0.407 e. The summed E-state index contributed by atoms with van der Waals surface area (Å²) in [6.45, 7) is 0.205. The van der Waals surface area contributed by atoms with E-state index in [-0.39, 0.29) is 24.4 Å². The van der Waals surface area contributed by atoms with Crippen LogP contribution in [-0.4, -0.2) is 38.2 Å². The normalized spacial score (nSPS) is 20.0. The first kappa shape index (κ1) is 16.9. The number of hydrogen-bond acceptors (Lipinski definition) is 5. The summed E-state index contributed by atoms with van der Waals surface area (Å²) in [4.78, 5) is 23.1. The summed E-state index contributed by atoms with van der Waals surface area (Å²) in [7, 11) is 0. The second-order valence-electron chi connectivity index (χ2n) is 6.05. The average Bonchev–Trinajstić information content (AvgIpc) is 3.12. The number of benzene rings is 1. The Labute approximate surface area is 144 Å². The lowest BCUT2D eigenvalue weighted by Crippen LogP contribution is -2.43. The molecular formula is C17H20N4O4. The minimum Gasteiger partial charge on any atom is -0.476 e. The molecule has 25 heavy (non-hydrogen) atoms. The largest absolute Gasteiger partial charge is 0.476 e. The molecule has 3 rings (SSSR count). The van der Waals surface area contributed by atoms with E-state index in [0.29, 0.717) is 0 Å². The van der Waals surface area contributed by atoms with Gasteiger partial charge in [-0.2, -0.15) is 0 Å². The lowest BCUT2D eigenvalue weighted by molar-refractivity contribution is 0.0690. The monoisotopic (exact) mass is 344 g/mol. The Kier molecular flexibility index (Phi) is 5.27. The van der Waals surface area contributed by atoms with Crippen molar-refractivity contribution in [3.8, 4) is 0 Å². The molecule has 1 aromatic heterocycles. The van der Waals surface area contributed by atoms with Gasteiger partial charge in [0.15, 0.2) is 5.69 Å². The van der Waals surface area contributed by atoms with Gasteiger partial charge >= 0.3 is 12.1 Å². The first-order valence-electron chi connectivity index (χ1n) is 8.26. The van der Waals surface area contributed by atoms with Crippen molar-refractivity contribution in [3.63, 3.8) is 0 Å². The molecular weight excluding hydrogens is 324 g/mol. The molecule has 2 aromatic rings. The first-order valence-corrected chi connectivity index (χ1v) is 8.26. The third-order valence-corrected chi connectivity index (χ3v) is 4.31. The number of ether oxygens (including phenoxy) is 1. The first-order chi connectivity index (χ1) is 12.1. The van der Waals surface area contributed by atoms with Gasteiger partial charge in [-0.05, 0) is 18.4 Å². The number of nitrogens with one attached hydrogen (secondary N) is 1. The highest BCUT2D eigenvalue weighted by atomic mass is 16.5. The van der Waals surface area contributed by atoms with Crippen LogP contribution < -0.4 is 5.32 Å². The number of alkyl carbamates (subject to hydrolysis) is 1. The van der Waals surface area contributed by atoms with Gasteiger partial charge in [0.1, 0.15) is 6.61 Å². The standard InChI is InChI=1S/C17H20N4O4/c22-16(23)14-10-21(20-19-14)15-9-5-4-8-13(15)18-17(24)25-11-12-6-2-1-3-7-12/h1-3,6-7,10,13,15H,4-5,8-9,11H2,(H,18,24)(H,22,23)/t13-,15+/m0/s1. The Hall–Kier alpha value is -2.90. The van der Waals surface area contributed by atoms with E-state index in [9.17, 15) is 9.59 Å². The predicted octanol–water partition coefficient (Wildman–Crippen LogP) is 2.39. The second-order valence-corrected chi connectivity index (χ2v) is 6.05. The molecule has 8 nitrogen and oxygen atoms in total. The van der Waals surface area contributed by atoms with E-state index in [1.165, 1.54) is 10.9 Å². The zero-order valence-corrected chi connectivity index (χ0v) is 13.7. The molecule has 1 heterocycles. The third kappa shape index (κ3) is 4.34. The summed E-state index contributed by atoms with van der Waals surface area (Å²) in [5.74, 6) is -1.12. The van der Waals surface area contributed by atoms with Gasteiger partial charge in [0.05, 0.1) is 18.3 Å². The molecule has 0 unspecified atom stereocenters. The maximum absolute atomic E-state index is 12.1. The number of nitrogens with zero attached hydrogens (tertiary/aromatic N) is 3. The van der Waals surface area contributed by atoms with Gasteiger partial charge in [-0.3, -0.25) is 0 Å². The number of carbonyl (C=O) groups is 2. The number of aromatic carboxylic acids is 1. The van der Waals surface area contributed by atoms with Gasteiger partial charge in [-0.15, -0.1) is 5.10 Å². The predicted molar refractivity (Wildman–Crippen MR) is 88.0 cm³/mol. The average molecular weight is 344 g/mol. The van der Waals surface area contributed by atoms with Crippen LogP contribution in [0.15, 0.2) is 36.5 Å². The van der Waals surface area contributed by atoms with Gasteiger partial charge in [-0.25, -0.2) is 14.3 Å². The molecule has 0 saturated heterocycles. The Morgan fingerprint density at radius 1 is 1.24 bits per heavy atom. The fraction of sp³-hybridized carbons (Fsp3) is 0.412. The Morgan fingerprint density at radius 2 is 2.00 bits per heavy atom. The van der Waals surface area contributed by atoms with E-state index in [4.69, 9.17) is 9.84 Å². The van der Waals surface area contributed by atoms with Crippen molar-refractivity contribution in [2.24, 2.45) is 0 Å². The van der Waals surface area contributed by atoms with Crippen LogP contribution in [0.5, 0.6) is 0 Å². The highest BCUT2D eigenvalue weighted by molar-refractivity contribution is 5.84. The smallest absolute Gasteiger partial charge is 0.407 e. The van der Waals surface area contributed by atoms with Crippen LogP contribution in [-0.2, 0) is 11.3 Å². The number of carbonyl (C=O) groups excluding carboxylic acids is 1. The molecule has 1 aromatic carbocycles. The number of amides is 1. The van der Waals surface area contributed by atoms with Gasteiger partial charge in [-0.1, -0.05) is 48.4 Å². The fourth-order valence-corrected chi connectivity index (χ4v) is 3.05. The van der Waals surface area contributed by atoms with Gasteiger partial charge < -0.3 is 15.2 Å². The van der Waals surface area contributed by atoms with Crippen molar-refractivity contribution in [2.75, 3.05) is 0 Å². The molecule has 0 aliphatic heterocycles. The molecule has 2 N–H and O–H groups in total. The van der Waals surface area contributed by atoms with Gasteiger partial charge in [0, 0.05) is 0 Å². The summed E-state index contributed by atoms with van der Waals surface area (Å²) in [6.07, 6.45) is 4.48. The molecule has 1 fully saturated rings. The summed E-state index contributed by atoms with van der Waals surface area (Å²) in [6, 6.07) is 9.16. The Balaban J connectivity index is 1.60. The van der Waals surface area contributed by atoms with Crippen LogP contribution >= 0.6 is 0 Å². The molecule has 1 aliphatic rings. The van der Waals surface area contributed by atoms with Crippen molar-refractivity contribution in [3.05, 3.63) is 47.8 Å². The van der Waals surface area contributed by atoms with Crippen molar-refractivity contribution in [1.82, 2.24) is 20.3 Å². The zero-order chi connectivity index (χ0) is 17.6. The molecule has 0 radical (unpaired) electrons. The molecule has 0 spiro atoms. The van der Waals surface area contributed by atoms with Crippen molar-refractivity contribution < 1.29 is 19.4 Å².